The maximum atomic E-state index is 2.57. The Labute approximate surface area is 137 Å². The summed E-state index contributed by atoms with van der Waals surface area (Å²) in [5.74, 6) is 10.3. The Hall–Kier alpha value is 0. The van der Waals surface area contributed by atoms with Crippen molar-refractivity contribution in [1.82, 2.24) is 0 Å². The van der Waals surface area contributed by atoms with Gasteiger partial charge in [-0.25, -0.2) is 0 Å². The van der Waals surface area contributed by atoms with Crippen molar-refractivity contribution in [3.63, 3.8) is 0 Å². The topological polar surface area (TPSA) is 0 Å². The molecule has 0 radical (unpaired) electrons. The lowest BCUT2D eigenvalue weighted by Gasteiger charge is -2.61. The second-order valence-electron chi connectivity index (χ2n) is 10.0. The highest BCUT2D eigenvalue weighted by atomic mass is 14.6. The molecule has 5 fully saturated rings. The van der Waals surface area contributed by atoms with Gasteiger partial charge in [0, 0.05) is 0 Å². The van der Waals surface area contributed by atoms with Crippen LogP contribution in [0.4, 0.5) is 0 Å². The van der Waals surface area contributed by atoms with Gasteiger partial charge in [-0.1, -0.05) is 51.9 Å². The summed E-state index contributed by atoms with van der Waals surface area (Å²) in [5.41, 5.74) is 0. The van der Waals surface area contributed by atoms with Crippen molar-refractivity contribution in [1.29, 1.82) is 0 Å². The van der Waals surface area contributed by atoms with Gasteiger partial charge in [0.1, 0.15) is 0 Å². The third kappa shape index (κ3) is 2.07. The quantitative estimate of drug-likeness (QED) is 0.492. The Morgan fingerprint density at radius 1 is 0.500 bits per heavy atom. The SMILES string of the molecule is CC1CCC2C3CCCC4CCCC(C5CCCC(C1)C52)C43. The van der Waals surface area contributed by atoms with Crippen LogP contribution < -0.4 is 0 Å². The molecule has 0 aromatic heterocycles. The van der Waals surface area contributed by atoms with Crippen LogP contribution in [0.5, 0.6) is 0 Å². The van der Waals surface area contributed by atoms with Gasteiger partial charge in [0.15, 0.2) is 0 Å². The first-order chi connectivity index (χ1) is 10.8. The van der Waals surface area contributed by atoms with E-state index in [0.29, 0.717) is 0 Å². The van der Waals surface area contributed by atoms with Crippen molar-refractivity contribution in [3.05, 3.63) is 0 Å². The summed E-state index contributed by atoms with van der Waals surface area (Å²) in [6.07, 6.45) is 19.1. The molecule has 0 aromatic rings. The molecule has 0 aliphatic heterocycles. The lowest BCUT2D eigenvalue weighted by atomic mass is 9.44. The summed E-state index contributed by atoms with van der Waals surface area (Å²) < 4.78 is 0. The molecular weight excluding hydrogens is 264 g/mol. The van der Waals surface area contributed by atoms with Gasteiger partial charge < -0.3 is 0 Å². The van der Waals surface area contributed by atoms with E-state index in [-0.39, 0.29) is 0 Å². The fourth-order valence-electron chi connectivity index (χ4n) is 8.76. The summed E-state index contributed by atoms with van der Waals surface area (Å²) in [5, 5.41) is 0. The molecule has 9 atom stereocenters. The maximum absolute atomic E-state index is 2.57. The van der Waals surface area contributed by atoms with Crippen LogP contribution in [0.1, 0.15) is 84.0 Å². The van der Waals surface area contributed by atoms with Gasteiger partial charge in [-0.3, -0.25) is 0 Å². The van der Waals surface area contributed by atoms with Crippen molar-refractivity contribution < 1.29 is 0 Å². The third-order valence-electron chi connectivity index (χ3n) is 9.20. The van der Waals surface area contributed by atoms with E-state index in [1.807, 2.05) is 0 Å². The van der Waals surface area contributed by atoms with Crippen LogP contribution in [0.2, 0.25) is 0 Å². The molecule has 0 spiro atoms. The van der Waals surface area contributed by atoms with Crippen LogP contribution >= 0.6 is 0 Å². The largest absolute Gasteiger partial charge is 0.0625 e. The van der Waals surface area contributed by atoms with Crippen molar-refractivity contribution in [2.24, 2.45) is 53.3 Å². The van der Waals surface area contributed by atoms with E-state index in [1.54, 1.807) is 77.0 Å². The molecule has 0 saturated heterocycles. The average Bonchev–Trinajstić information content (AvgIpc) is 2.72. The number of fused-ring (bicyclic) bond motifs is 2. The van der Waals surface area contributed by atoms with E-state index in [4.69, 9.17) is 0 Å². The van der Waals surface area contributed by atoms with E-state index < -0.39 is 0 Å². The molecule has 0 amide bonds. The molecule has 5 aliphatic carbocycles. The van der Waals surface area contributed by atoms with Gasteiger partial charge in [0.25, 0.3) is 0 Å². The van der Waals surface area contributed by atoms with E-state index in [1.165, 1.54) is 17.8 Å². The molecule has 5 rings (SSSR count). The standard InChI is InChI=1S/C22H36/c1-14-11-12-20-19-9-3-6-15-5-2-8-17(21(15)19)18-10-4-7-16(13-14)22(18)20/h14-22H,2-13H2,1H3. The van der Waals surface area contributed by atoms with Crippen LogP contribution in [0, 0.1) is 53.3 Å². The first-order valence-electron chi connectivity index (χ1n) is 10.8. The van der Waals surface area contributed by atoms with E-state index in [0.717, 1.165) is 35.5 Å². The normalized spacial score (nSPS) is 57.4. The Morgan fingerprint density at radius 2 is 1.00 bits per heavy atom. The Balaban J connectivity index is 1.54. The fraction of sp³-hybridized carbons (Fsp3) is 1.00. The van der Waals surface area contributed by atoms with E-state index >= 15 is 0 Å². The maximum Gasteiger partial charge on any atom is -0.0323 e. The summed E-state index contributed by atoms with van der Waals surface area (Å²) in [6.45, 7) is 2.57. The molecule has 0 N–H and O–H groups in total. The molecule has 22 heavy (non-hydrogen) atoms. The summed E-state index contributed by atoms with van der Waals surface area (Å²) in [6, 6.07) is 0. The highest BCUT2D eigenvalue weighted by molar-refractivity contribution is 5.05. The van der Waals surface area contributed by atoms with Crippen molar-refractivity contribution in [2.75, 3.05) is 0 Å². The van der Waals surface area contributed by atoms with Crippen molar-refractivity contribution in [2.45, 2.75) is 84.0 Å². The molecule has 9 unspecified atom stereocenters. The Kier molecular flexibility index (Phi) is 3.60. The van der Waals surface area contributed by atoms with Gasteiger partial charge >= 0.3 is 0 Å². The molecule has 0 aromatic carbocycles. The van der Waals surface area contributed by atoms with Crippen LogP contribution in [-0.2, 0) is 0 Å². The molecule has 0 bridgehead atoms. The minimum atomic E-state index is 1.02. The Morgan fingerprint density at radius 3 is 1.64 bits per heavy atom. The van der Waals surface area contributed by atoms with Crippen LogP contribution in [0.25, 0.3) is 0 Å². The average molecular weight is 301 g/mol. The van der Waals surface area contributed by atoms with E-state index in [2.05, 4.69) is 6.92 Å². The first-order valence-corrected chi connectivity index (χ1v) is 10.8. The zero-order chi connectivity index (χ0) is 14.7. The third-order valence-corrected chi connectivity index (χ3v) is 9.20. The van der Waals surface area contributed by atoms with Gasteiger partial charge in [0.2, 0.25) is 0 Å². The van der Waals surface area contributed by atoms with Gasteiger partial charge in [0.05, 0.1) is 0 Å². The van der Waals surface area contributed by atoms with Crippen LogP contribution in [0.15, 0.2) is 0 Å². The monoisotopic (exact) mass is 300 g/mol. The van der Waals surface area contributed by atoms with Crippen LogP contribution in [-0.4, -0.2) is 0 Å². The number of rotatable bonds is 0. The summed E-state index contributed by atoms with van der Waals surface area (Å²) >= 11 is 0. The molecule has 5 aliphatic rings. The molecule has 124 valence electrons. The highest BCUT2D eigenvalue weighted by Crippen LogP contribution is 2.64. The lowest BCUT2D eigenvalue weighted by Crippen LogP contribution is -2.54. The lowest BCUT2D eigenvalue weighted by molar-refractivity contribution is -0.121. The van der Waals surface area contributed by atoms with Crippen molar-refractivity contribution in [3.8, 4) is 0 Å². The molecular formula is C22H36. The Bertz CT molecular complexity index is 410. The fourth-order valence-corrected chi connectivity index (χ4v) is 8.76. The second kappa shape index (κ2) is 5.52. The zero-order valence-corrected chi connectivity index (χ0v) is 14.7. The molecule has 5 saturated carbocycles. The predicted octanol–water partition coefficient (Wildman–Crippen LogP) is 6.30. The minimum absolute atomic E-state index is 1.02. The first kappa shape index (κ1) is 14.4. The van der Waals surface area contributed by atoms with E-state index in [9.17, 15) is 0 Å². The van der Waals surface area contributed by atoms with Crippen molar-refractivity contribution >= 4 is 0 Å². The highest BCUT2D eigenvalue weighted by Gasteiger charge is 2.56. The zero-order valence-electron chi connectivity index (χ0n) is 14.7. The smallest absolute Gasteiger partial charge is 0.0323 e. The van der Waals surface area contributed by atoms with Crippen LogP contribution in [0.3, 0.4) is 0 Å². The molecule has 0 nitrogen and oxygen atoms in total. The predicted molar refractivity (Wildman–Crippen MR) is 92.5 cm³/mol. The van der Waals surface area contributed by atoms with Gasteiger partial charge in [-0.05, 0) is 85.4 Å². The summed E-state index contributed by atoms with van der Waals surface area (Å²) in [4.78, 5) is 0. The number of hydrogen-bond acceptors (Lipinski definition) is 0. The molecule has 0 heterocycles. The molecule has 0 heteroatoms. The minimum Gasteiger partial charge on any atom is -0.0625 e. The van der Waals surface area contributed by atoms with Gasteiger partial charge in [-0.2, -0.15) is 0 Å². The van der Waals surface area contributed by atoms with Gasteiger partial charge in [-0.15, -0.1) is 0 Å². The summed E-state index contributed by atoms with van der Waals surface area (Å²) in [7, 11) is 0. The second-order valence-corrected chi connectivity index (χ2v) is 10.0. The number of hydrogen-bond donors (Lipinski definition) is 0.